The molecule has 3 rings (SSSR count). The highest BCUT2D eigenvalue weighted by Crippen LogP contribution is 2.28. The number of hydrogen-bond donors (Lipinski definition) is 2. The molecule has 0 saturated carbocycles. The number of amides is 1. The van der Waals surface area contributed by atoms with E-state index in [0.717, 1.165) is 5.56 Å². The zero-order chi connectivity index (χ0) is 24.6. The normalized spacial score (nSPS) is 12.1. The predicted octanol–water partition coefficient (Wildman–Crippen LogP) is 4.67. The Morgan fingerprint density at radius 3 is 2.24 bits per heavy atom. The summed E-state index contributed by atoms with van der Waals surface area (Å²) in [6.45, 7) is 4.46. The van der Waals surface area contributed by atoms with Crippen LogP contribution in [0.25, 0.3) is 0 Å². The highest BCUT2D eigenvalue weighted by molar-refractivity contribution is 7.89. The van der Waals surface area contributed by atoms with E-state index in [1.165, 1.54) is 18.2 Å². The molecule has 0 aromatic heterocycles. The molecular formula is C25H27ClN2O5S. The molecule has 0 aliphatic carbocycles. The molecule has 0 spiro atoms. The summed E-state index contributed by atoms with van der Waals surface area (Å²) < 4.78 is 39.8. The van der Waals surface area contributed by atoms with E-state index in [9.17, 15) is 13.2 Å². The second-order valence-electron chi connectivity index (χ2n) is 7.31. The van der Waals surface area contributed by atoms with E-state index in [4.69, 9.17) is 21.1 Å². The van der Waals surface area contributed by atoms with Gasteiger partial charge in [0.15, 0.2) is 0 Å². The molecule has 180 valence electrons. The number of nitrogens with one attached hydrogen (secondary N) is 2. The van der Waals surface area contributed by atoms with Gasteiger partial charge in [-0.15, -0.1) is 0 Å². The Hall–Kier alpha value is -3.07. The Balaban J connectivity index is 1.88. The molecule has 1 atom stereocenters. The van der Waals surface area contributed by atoms with Crippen molar-refractivity contribution in [2.24, 2.45) is 0 Å². The quantitative estimate of drug-likeness (QED) is 0.397. The maximum Gasteiger partial charge on any atom is 0.243 e. The lowest BCUT2D eigenvalue weighted by atomic mass is 10.1. The number of carbonyl (C=O) groups excluding carboxylic acids is 1. The Morgan fingerprint density at radius 2 is 1.56 bits per heavy atom. The van der Waals surface area contributed by atoms with E-state index in [-0.39, 0.29) is 16.3 Å². The molecule has 0 radical (unpaired) electrons. The minimum Gasteiger partial charge on any atom is -0.492 e. The van der Waals surface area contributed by atoms with Crippen LogP contribution in [0.4, 0.5) is 5.69 Å². The van der Waals surface area contributed by atoms with E-state index in [1.54, 1.807) is 31.2 Å². The molecule has 0 heterocycles. The Bertz CT molecular complexity index is 1220. The van der Waals surface area contributed by atoms with E-state index < -0.39 is 22.0 Å². The third-order valence-corrected chi connectivity index (χ3v) is 6.62. The van der Waals surface area contributed by atoms with Crippen LogP contribution in [-0.4, -0.2) is 33.6 Å². The molecule has 3 aromatic rings. The number of hydrogen-bond acceptors (Lipinski definition) is 5. The smallest absolute Gasteiger partial charge is 0.243 e. The number of benzene rings is 3. The number of ether oxygens (including phenoxy) is 2. The molecule has 0 saturated heterocycles. The minimum absolute atomic E-state index is 0.0680. The predicted molar refractivity (Wildman–Crippen MR) is 133 cm³/mol. The van der Waals surface area contributed by atoms with E-state index >= 15 is 0 Å². The molecule has 0 aliphatic heterocycles. The van der Waals surface area contributed by atoms with Gasteiger partial charge in [0.1, 0.15) is 17.5 Å². The van der Waals surface area contributed by atoms with Gasteiger partial charge in [-0.1, -0.05) is 54.1 Å². The Labute approximate surface area is 205 Å². The van der Waals surface area contributed by atoms with E-state index in [0.29, 0.717) is 30.4 Å². The van der Waals surface area contributed by atoms with Crippen molar-refractivity contribution in [3.05, 3.63) is 83.4 Å². The summed E-state index contributed by atoms with van der Waals surface area (Å²) >= 11 is 6.19. The number of sulfonamides is 1. The third-order valence-electron chi connectivity index (χ3n) is 4.85. The summed E-state index contributed by atoms with van der Waals surface area (Å²) in [6, 6.07) is 19.2. The van der Waals surface area contributed by atoms with Gasteiger partial charge in [-0.25, -0.2) is 8.42 Å². The van der Waals surface area contributed by atoms with Crippen molar-refractivity contribution in [1.82, 2.24) is 4.72 Å². The number of halogens is 1. The van der Waals surface area contributed by atoms with Gasteiger partial charge in [-0.05, 0) is 56.2 Å². The molecule has 2 N–H and O–H groups in total. The van der Waals surface area contributed by atoms with Crippen molar-refractivity contribution in [3.8, 4) is 11.5 Å². The van der Waals surface area contributed by atoms with Gasteiger partial charge in [0.05, 0.1) is 28.8 Å². The molecule has 9 heteroatoms. The zero-order valence-electron chi connectivity index (χ0n) is 19.0. The number of carbonyl (C=O) groups is 1. The van der Waals surface area contributed by atoms with Crippen LogP contribution < -0.4 is 19.5 Å². The van der Waals surface area contributed by atoms with Gasteiger partial charge < -0.3 is 14.8 Å². The lowest BCUT2D eigenvalue weighted by molar-refractivity contribution is -0.117. The van der Waals surface area contributed by atoms with Crippen LogP contribution in [0.1, 0.15) is 19.4 Å². The highest BCUT2D eigenvalue weighted by Gasteiger charge is 2.27. The van der Waals surface area contributed by atoms with Crippen molar-refractivity contribution in [2.75, 3.05) is 18.5 Å². The van der Waals surface area contributed by atoms with Crippen molar-refractivity contribution in [3.63, 3.8) is 0 Å². The topological polar surface area (TPSA) is 93.7 Å². The van der Waals surface area contributed by atoms with Crippen LogP contribution in [0.3, 0.4) is 0 Å². The lowest BCUT2D eigenvalue weighted by Gasteiger charge is -2.20. The average molecular weight is 503 g/mol. The first kappa shape index (κ1) is 25.6. The highest BCUT2D eigenvalue weighted by atomic mass is 35.5. The zero-order valence-corrected chi connectivity index (χ0v) is 20.5. The minimum atomic E-state index is -4.07. The number of para-hydroxylation sites is 2. The summed E-state index contributed by atoms with van der Waals surface area (Å²) in [6.07, 6.45) is 0.146. The maximum atomic E-state index is 13.2. The lowest BCUT2D eigenvalue weighted by Crippen LogP contribution is -2.45. The first-order chi connectivity index (χ1) is 16.3. The summed E-state index contributed by atoms with van der Waals surface area (Å²) in [4.78, 5) is 13.2. The van der Waals surface area contributed by atoms with E-state index in [2.05, 4.69) is 10.0 Å². The van der Waals surface area contributed by atoms with Crippen LogP contribution in [0, 0.1) is 0 Å². The van der Waals surface area contributed by atoms with Gasteiger partial charge in [0.2, 0.25) is 15.9 Å². The number of anilines is 1. The van der Waals surface area contributed by atoms with Crippen molar-refractivity contribution >= 4 is 33.2 Å². The molecular weight excluding hydrogens is 476 g/mol. The SMILES string of the molecule is CCOc1ccc(S(=O)(=O)N[C@@H](Cc2ccccc2)C(=O)Nc2ccccc2OCC)cc1Cl. The van der Waals surface area contributed by atoms with Gasteiger partial charge in [-0.3, -0.25) is 4.79 Å². The van der Waals surface area contributed by atoms with Crippen LogP contribution in [0.15, 0.2) is 77.7 Å². The molecule has 3 aromatic carbocycles. The fourth-order valence-corrected chi connectivity index (χ4v) is 4.81. The van der Waals surface area contributed by atoms with Crippen LogP contribution in [0.5, 0.6) is 11.5 Å². The van der Waals surface area contributed by atoms with Crippen molar-refractivity contribution in [1.29, 1.82) is 0 Å². The average Bonchev–Trinajstić information content (AvgIpc) is 2.82. The maximum absolute atomic E-state index is 13.2. The molecule has 0 bridgehead atoms. The van der Waals surface area contributed by atoms with Gasteiger partial charge in [0, 0.05) is 0 Å². The number of rotatable bonds is 11. The first-order valence-electron chi connectivity index (χ1n) is 10.8. The fourth-order valence-electron chi connectivity index (χ4n) is 3.29. The molecule has 0 fully saturated rings. The van der Waals surface area contributed by atoms with Crippen LogP contribution in [0.2, 0.25) is 5.02 Å². The second kappa shape index (κ2) is 11.9. The summed E-state index contributed by atoms with van der Waals surface area (Å²) in [7, 11) is -4.07. The Morgan fingerprint density at radius 1 is 0.912 bits per heavy atom. The molecule has 7 nitrogen and oxygen atoms in total. The fraction of sp³-hybridized carbons (Fsp3) is 0.240. The standard InChI is InChI=1S/C25H27ClN2O5S/c1-3-32-23-15-14-19(17-20(23)26)34(30,31)28-22(16-18-10-6-5-7-11-18)25(29)27-21-12-8-9-13-24(21)33-4-2/h5-15,17,22,28H,3-4,16H2,1-2H3,(H,27,29)/t22-/m0/s1. The van der Waals surface area contributed by atoms with Gasteiger partial charge in [-0.2, -0.15) is 4.72 Å². The summed E-state index contributed by atoms with van der Waals surface area (Å²) in [5.41, 5.74) is 1.25. The summed E-state index contributed by atoms with van der Waals surface area (Å²) in [5, 5.41) is 2.96. The summed E-state index contributed by atoms with van der Waals surface area (Å²) in [5.74, 6) is 0.365. The van der Waals surface area contributed by atoms with Crippen LogP contribution in [-0.2, 0) is 21.2 Å². The monoisotopic (exact) mass is 502 g/mol. The van der Waals surface area contributed by atoms with E-state index in [1.807, 2.05) is 37.3 Å². The molecule has 0 unspecified atom stereocenters. The third kappa shape index (κ3) is 6.72. The van der Waals surface area contributed by atoms with Crippen molar-refractivity contribution < 1.29 is 22.7 Å². The van der Waals surface area contributed by atoms with Crippen LogP contribution >= 0.6 is 11.6 Å². The first-order valence-corrected chi connectivity index (χ1v) is 12.7. The molecule has 34 heavy (non-hydrogen) atoms. The molecule has 1 amide bonds. The van der Waals surface area contributed by atoms with Gasteiger partial charge in [0.25, 0.3) is 0 Å². The van der Waals surface area contributed by atoms with Gasteiger partial charge >= 0.3 is 0 Å². The second-order valence-corrected chi connectivity index (χ2v) is 9.43. The Kier molecular flexibility index (Phi) is 8.92. The largest absolute Gasteiger partial charge is 0.492 e. The van der Waals surface area contributed by atoms with Crippen molar-refractivity contribution in [2.45, 2.75) is 31.2 Å². The molecule has 0 aliphatic rings.